The predicted octanol–water partition coefficient (Wildman–Crippen LogP) is 0.454. The SMILES string of the molecule is O=C(O)CCCNC(=O)N[C@H]1CCCC[C@@H]1O. The van der Waals surface area contributed by atoms with Gasteiger partial charge < -0.3 is 20.8 Å². The van der Waals surface area contributed by atoms with Gasteiger partial charge in [-0.2, -0.15) is 0 Å². The van der Waals surface area contributed by atoms with Crippen LogP contribution in [0.3, 0.4) is 0 Å². The summed E-state index contributed by atoms with van der Waals surface area (Å²) < 4.78 is 0. The van der Waals surface area contributed by atoms with E-state index in [4.69, 9.17) is 5.11 Å². The molecule has 6 heteroatoms. The molecule has 1 aliphatic rings. The number of rotatable bonds is 5. The average molecular weight is 244 g/mol. The van der Waals surface area contributed by atoms with Crippen molar-refractivity contribution in [3.8, 4) is 0 Å². The number of carbonyl (C=O) groups excluding carboxylic acids is 1. The van der Waals surface area contributed by atoms with Gasteiger partial charge in [0.2, 0.25) is 0 Å². The van der Waals surface area contributed by atoms with Gasteiger partial charge in [0, 0.05) is 13.0 Å². The Kier molecular flexibility index (Phi) is 5.76. The molecule has 1 fully saturated rings. The summed E-state index contributed by atoms with van der Waals surface area (Å²) in [4.78, 5) is 21.7. The number of carboxylic acids is 1. The molecule has 2 atom stereocenters. The predicted molar refractivity (Wildman–Crippen MR) is 61.7 cm³/mol. The normalized spacial score (nSPS) is 24.1. The largest absolute Gasteiger partial charge is 0.481 e. The van der Waals surface area contributed by atoms with Crippen molar-refractivity contribution < 1.29 is 19.8 Å². The molecule has 0 aromatic heterocycles. The highest BCUT2D eigenvalue weighted by molar-refractivity contribution is 5.74. The molecule has 0 radical (unpaired) electrons. The minimum Gasteiger partial charge on any atom is -0.481 e. The summed E-state index contributed by atoms with van der Waals surface area (Å²) >= 11 is 0. The van der Waals surface area contributed by atoms with Gasteiger partial charge in [0.05, 0.1) is 12.1 Å². The van der Waals surface area contributed by atoms with Crippen molar-refractivity contribution in [1.82, 2.24) is 10.6 Å². The van der Waals surface area contributed by atoms with E-state index in [0.717, 1.165) is 25.7 Å². The second kappa shape index (κ2) is 7.11. The third-order valence-corrected chi connectivity index (χ3v) is 2.90. The first-order valence-electron chi connectivity index (χ1n) is 6.04. The molecule has 1 saturated carbocycles. The van der Waals surface area contributed by atoms with Crippen LogP contribution in [0.2, 0.25) is 0 Å². The minimum absolute atomic E-state index is 0.0479. The van der Waals surface area contributed by atoms with E-state index in [2.05, 4.69) is 10.6 Å². The number of nitrogens with one attached hydrogen (secondary N) is 2. The van der Waals surface area contributed by atoms with E-state index in [1.807, 2.05) is 0 Å². The third-order valence-electron chi connectivity index (χ3n) is 2.90. The highest BCUT2D eigenvalue weighted by Crippen LogP contribution is 2.17. The summed E-state index contributed by atoms with van der Waals surface area (Å²) in [7, 11) is 0. The van der Waals surface area contributed by atoms with Crippen LogP contribution < -0.4 is 10.6 Å². The van der Waals surface area contributed by atoms with Crippen LogP contribution in [0.1, 0.15) is 38.5 Å². The number of carbonyl (C=O) groups is 2. The van der Waals surface area contributed by atoms with Gasteiger partial charge in [0.25, 0.3) is 0 Å². The van der Waals surface area contributed by atoms with Gasteiger partial charge in [-0.3, -0.25) is 4.79 Å². The monoisotopic (exact) mass is 244 g/mol. The molecule has 1 rings (SSSR count). The summed E-state index contributed by atoms with van der Waals surface area (Å²) in [6.07, 6.45) is 3.53. The Morgan fingerprint density at radius 2 is 1.94 bits per heavy atom. The fraction of sp³-hybridized carbons (Fsp3) is 0.818. The zero-order valence-corrected chi connectivity index (χ0v) is 9.82. The van der Waals surface area contributed by atoms with E-state index >= 15 is 0 Å². The van der Waals surface area contributed by atoms with Crippen molar-refractivity contribution in [2.45, 2.75) is 50.7 Å². The van der Waals surface area contributed by atoms with Crippen molar-refractivity contribution in [2.75, 3.05) is 6.54 Å². The molecule has 0 saturated heterocycles. The van der Waals surface area contributed by atoms with Gasteiger partial charge in [-0.25, -0.2) is 4.79 Å². The van der Waals surface area contributed by atoms with Crippen molar-refractivity contribution in [3.63, 3.8) is 0 Å². The van der Waals surface area contributed by atoms with Gasteiger partial charge in [-0.1, -0.05) is 12.8 Å². The van der Waals surface area contributed by atoms with E-state index in [0.29, 0.717) is 13.0 Å². The maximum absolute atomic E-state index is 11.4. The summed E-state index contributed by atoms with van der Waals surface area (Å²) in [5, 5.41) is 23.3. The first-order chi connectivity index (χ1) is 8.09. The quantitative estimate of drug-likeness (QED) is 0.528. The third kappa shape index (κ3) is 5.53. The zero-order chi connectivity index (χ0) is 12.7. The molecule has 4 N–H and O–H groups in total. The Morgan fingerprint density at radius 1 is 1.24 bits per heavy atom. The number of urea groups is 1. The molecule has 6 nitrogen and oxygen atoms in total. The molecule has 2 amide bonds. The smallest absolute Gasteiger partial charge is 0.315 e. The standard InChI is InChI=1S/C11H20N2O4/c14-9-5-2-1-4-8(9)13-11(17)12-7-3-6-10(15)16/h8-9,14H,1-7H2,(H,15,16)(H2,12,13,17)/t8-,9-/m0/s1. The number of hydrogen-bond acceptors (Lipinski definition) is 3. The van der Waals surface area contributed by atoms with Gasteiger partial charge in [-0.15, -0.1) is 0 Å². The van der Waals surface area contributed by atoms with Crippen LogP contribution in [0.4, 0.5) is 4.79 Å². The van der Waals surface area contributed by atoms with Crippen molar-refractivity contribution in [3.05, 3.63) is 0 Å². The van der Waals surface area contributed by atoms with E-state index in [9.17, 15) is 14.7 Å². The summed E-state index contributed by atoms with van der Waals surface area (Å²) in [6.45, 7) is 0.334. The molecule has 0 heterocycles. The molecular weight excluding hydrogens is 224 g/mol. The van der Waals surface area contributed by atoms with E-state index in [1.54, 1.807) is 0 Å². The van der Waals surface area contributed by atoms with E-state index in [-0.39, 0.29) is 18.5 Å². The molecule has 98 valence electrons. The van der Waals surface area contributed by atoms with Crippen LogP contribution in [-0.4, -0.2) is 40.9 Å². The first kappa shape index (κ1) is 13.8. The molecular formula is C11H20N2O4. The second-order valence-electron chi connectivity index (χ2n) is 4.36. The molecule has 1 aliphatic carbocycles. The summed E-state index contributed by atoms with van der Waals surface area (Å²) in [5.74, 6) is -0.866. The number of amides is 2. The van der Waals surface area contributed by atoms with Gasteiger partial charge >= 0.3 is 12.0 Å². The summed E-state index contributed by atoms with van der Waals surface area (Å²) in [5.41, 5.74) is 0. The van der Waals surface area contributed by atoms with Crippen LogP contribution in [0.25, 0.3) is 0 Å². The van der Waals surface area contributed by atoms with Gasteiger partial charge in [-0.05, 0) is 19.3 Å². The topological polar surface area (TPSA) is 98.7 Å². The van der Waals surface area contributed by atoms with E-state index in [1.165, 1.54) is 0 Å². The van der Waals surface area contributed by atoms with Gasteiger partial charge in [0.15, 0.2) is 0 Å². The Labute approximate surface area is 100 Å². The molecule has 0 aromatic rings. The fourth-order valence-corrected chi connectivity index (χ4v) is 1.94. The maximum atomic E-state index is 11.4. The summed E-state index contributed by atoms with van der Waals surface area (Å²) in [6, 6.07) is -0.510. The number of hydrogen-bond donors (Lipinski definition) is 4. The Morgan fingerprint density at radius 3 is 2.59 bits per heavy atom. The Hall–Kier alpha value is -1.30. The number of aliphatic hydroxyl groups excluding tert-OH is 1. The molecule has 17 heavy (non-hydrogen) atoms. The number of aliphatic carboxylic acids is 1. The van der Waals surface area contributed by atoms with Crippen LogP contribution in [0.5, 0.6) is 0 Å². The lowest BCUT2D eigenvalue weighted by Gasteiger charge is -2.28. The zero-order valence-electron chi connectivity index (χ0n) is 9.82. The van der Waals surface area contributed by atoms with Crippen LogP contribution in [0.15, 0.2) is 0 Å². The fourth-order valence-electron chi connectivity index (χ4n) is 1.94. The van der Waals surface area contributed by atoms with Crippen molar-refractivity contribution in [2.24, 2.45) is 0 Å². The highest BCUT2D eigenvalue weighted by atomic mass is 16.4. The number of carboxylic acid groups (broad SMARTS) is 1. The van der Waals surface area contributed by atoms with Crippen LogP contribution in [0, 0.1) is 0 Å². The Bertz CT molecular complexity index is 270. The van der Waals surface area contributed by atoms with E-state index < -0.39 is 12.1 Å². The minimum atomic E-state index is -0.866. The van der Waals surface area contributed by atoms with Crippen LogP contribution >= 0.6 is 0 Å². The molecule has 0 aromatic carbocycles. The average Bonchev–Trinajstić information content (AvgIpc) is 2.27. The van der Waals surface area contributed by atoms with Crippen molar-refractivity contribution in [1.29, 1.82) is 0 Å². The second-order valence-corrected chi connectivity index (χ2v) is 4.36. The van der Waals surface area contributed by atoms with Gasteiger partial charge in [0.1, 0.15) is 0 Å². The molecule has 0 unspecified atom stereocenters. The Balaban J connectivity index is 2.13. The lowest BCUT2D eigenvalue weighted by Crippen LogP contribution is -2.49. The molecule has 0 bridgehead atoms. The maximum Gasteiger partial charge on any atom is 0.315 e. The molecule has 0 spiro atoms. The number of aliphatic hydroxyl groups is 1. The van der Waals surface area contributed by atoms with Crippen LogP contribution in [-0.2, 0) is 4.79 Å². The molecule has 0 aliphatic heterocycles. The lowest BCUT2D eigenvalue weighted by molar-refractivity contribution is -0.137. The highest BCUT2D eigenvalue weighted by Gasteiger charge is 2.24. The first-order valence-corrected chi connectivity index (χ1v) is 6.04. The van der Waals surface area contributed by atoms with Crippen molar-refractivity contribution >= 4 is 12.0 Å². The lowest BCUT2D eigenvalue weighted by atomic mass is 9.93.